The third-order valence-corrected chi connectivity index (χ3v) is 4.42. The van der Waals surface area contributed by atoms with Gasteiger partial charge in [0.05, 0.1) is 0 Å². The van der Waals surface area contributed by atoms with E-state index in [0.29, 0.717) is 0 Å². The Morgan fingerprint density at radius 2 is 0.857 bits per heavy atom. The molecule has 0 N–H and O–H groups in total. The summed E-state index contributed by atoms with van der Waals surface area (Å²) in [6.07, 6.45) is -14.8. The van der Waals surface area contributed by atoms with Gasteiger partial charge in [0, 0.05) is 6.04 Å². The van der Waals surface area contributed by atoms with E-state index in [-0.39, 0.29) is 0 Å². The molecule has 0 fully saturated rings. The van der Waals surface area contributed by atoms with E-state index in [2.05, 4.69) is 13.3 Å². The van der Waals surface area contributed by atoms with Crippen molar-refractivity contribution in [1.29, 1.82) is 0 Å². The smallest absolute Gasteiger partial charge is 0.364 e. The van der Waals surface area contributed by atoms with E-state index in [9.17, 15) is 39.5 Å². The Hall–Kier alpha value is -0.533. The number of hydrogen-bond acceptors (Lipinski definition) is 3. The topological polar surface area (TPSA) is 27.7 Å². The Morgan fingerprint density at radius 1 is 0.619 bits per heavy atom. The first-order chi connectivity index (χ1) is 9.18. The zero-order chi connectivity index (χ0) is 16.9. The van der Waals surface area contributed by atoms with Gasteiger partial charge in [-0.05, 0) is 0 Å². The summed E-state index contributed by atoms with van der Waals surface area (Å²) in [7, 11) is -4.76. The normalized spacial score (nSPS) is 14.6. The van der Waals surface area contributed by atoms with Gasteiger partial charge >= 0.3 is 27.3 Å². The first kappa shape index (κ1) is 20.5. The molecule has 0 heterocycles. The third-order valence-electron chi connectivity index (χ3n) is 1.80. The van der Waals surface area contributed by atoms with Crippen molar-refractivity contribution >= 4 is 8.80 Å². The molecule has 0 rings (SSSR count). The molecule has 0 aromatic carbocycles. The molecule has 0 aromatic heterocycles. The summed E-state index contributed by atoms with van der Waals surface area (Å²) in [5.74, 6) is 0. The van der Waals surface area contributed by atoms with Crippen LogP contribution in [0.3, 0.4) is 0 Å². The lowest BCUT2D eigenvalue weighted by atomic mass is 10.7. The first-order valence-corrected chi connectivity index (χ1v) is 7.23. The van der Waals surface area contributed by atoms with Crippen molar-refractivity contribution in [3.8, 4) is 0 Å². The maximum Gasteiger partial charge on any atom is 0.501 e. The predicted molar refractivity (Wildman–Crippen MR) is 52.3 cm³/mol. The van der Waals surface area contributed by atoms with Gasteiger partial charge in [0.15, 0.2) is 0 Å². The van der Waals surface area contributed by atoms with E-state index in [0.717, 1.165) is 6.92 Å². The van der Waals surface area contributed by atoms with Gasteiger partial charge in [-0.25, -0.2) is 0 Å². The summed E-state index contributed by atoms with van der Waals surface area (Å²) in [4.78, 5) is 0. The van der Waals surface area contributed by atoms with Crippen molar-refractivity contribution in [1.82, 2.24) is 0 Å². The van der Waals surface area contributed by atoms with Crippen LogP contribution >= 0.6 is 0 Å². The highest BCUT2D eigenvalue weighted by Crippen LogP contribution is 2.27. The summed E-state index contributed by atoms with van der Waals surface area (Å²) in [6.45, 7) is -5.19. The zero-order valence-corrected chi connectivity index (χ0v) is 11.5. The van der Waals surface area contributed by atoms with Crippen LogP contribution in [0.5, 0.6) is 0 Å². The molecule has 3 nitrogen and oxygen atoms in total. The molecule has 0 radical (unpaired) electrons. The highest BCUT2D eigenvalue weighted by Gasteiger charge is 2.48. The van der Waals surface area contributed by atoms with Crippen LogP contribution in [0.25, 0.3) is 0 Å². The van der Waals surface area contributed by atoms with Gasteiger partial charge < -0.3 is 13.3 Å². The van der Waals surface area contributed by atoms with Crippen LogP contribution in [-0.4, -0.2) is 47.2 Å². The first-order valence-electron chi connectivity index (χ1n) is 5.30. The summed E-state index contributed by atoms with van der Waals surface area (Å²) in [5, 5.41) is 0. The Labute approximate surface area is 114 Å². The quantitative estimate of drug-likeness (QED) is 0.516. The van der Waals surface area contributed by atoms with Crippen LogP contribution in [0.1, 0.15) is 6.92 Å². The molecular weight excluding hydrogens is 343 g/mol. The molecule has 0 saturated carbocycles. The Kier molecular flexibility index (Phi) is 6.97. The molecule has 21 heavy (non-hydrogen) atoms. The van der Waals surface area contributed by atoms with Gasteiger partial charge in [-0.15, -0.1) is 0 Å². The standard InChI is InChI=1S/C8H11F9O3Si/c1-2-21(18-3-6(9,10)11,19-4-7(12,13)14)20-5-8(15,16)17/h2-5H2,1H3. The van der Waals surface area contributed by atoms with Gasteiger partial charge in [-0.2, -0.15) is 39.5 Å². The average molecular weight is 354 g/mol. The van der Waals surface area contributed by atoms with Crippen LogP contribution in [-0.2, 0) is 13.3 Å². The van der Waals surface area contributed by atoms with Crippen molar-refractivity contribution in [2.75, 3.05) is 19.8 Å². The SMILES string of the molecule is CC[Si](OCC(F)(F)F)(OCC(F)(F)F)OCC(F)(F)F. The Morgan fingerprint density at radius 3 is 1.00 bits per heavy atom. The van der Waals surface area contributed by atoms with Crippen LogP contribution < -0.4 is 0 Å². The van der Waals surface area contributed by atoms with Gasteiger partial charge in [0.1, 0.15) is 19.8 Å². The van der Waals surface area contributed by atoms with Gasteiger partial charge in [-0.1, -0.05) is 6.92 Å². The van der Waals surface area contributed by atoms with Crippen LogP contribution in [0.15, 0.2) is 0 Å². The molecule has 0 unspecified atom stereocenters. The molecule has 0 bridgehead atoms. The van der Waals surface area contributed by atoms with Crippen LogP contribution in [0.2, 0.25) is 6.04 Å². The third kappa shape index (κ3) is 10.8. The molecule has 0 atom stereocenters. The maximum absolute atomic E-state index is 12.0. The summed E-state index contributed by atoms with van der Waals surface area (Å²) < 4.78 is 120. The summed E-state index contributed by atoms with van der Waals surface area (Å²) in [5.41, 5.74) is 0. The highest BCUT2D eigenvalue weighted by atomic mass is 28.4. The summed E-state index contributed by atoms with van der Waals surface area (Å²) >= 11 is 0. The van der Waals surface area contributed by atoms with E-state index >= 15 is 0 Å². The highest BCUT2D eigenvalue weighted by molar-refractivity contribution is 6.60. The van der Waals surface area contributed by atoms with Gasteiger partial charge in [0.25, 0.3) is 0 Å². The molecule has 128 valence electrons. The molecule has 0 spiro atoms. The number of hydrogen-bond donors (Lipinski definition) is 0. The minimum Gasteiger partial charge on any atom is -0.364 e. The fraction of sp³-hybridized carbons (Fsp3) is 1.00. The molecular formula is C8H11F9O3Si. The monoisotopic (exact) mass is 354 g/mol. The molecule has 0 saturated heterocycles. The van der Waals surface area contributed by atoms with Crippen LogP contribution in [0, 0.1) is 0 Å². The van der Waals surface area contributed by atoms with Crippen molar-refractivity contribution in [3.63, 3.8) is 0 Å². The lowest BCUT2D eigenvalue weighted by Crippen LogP contribution is -2.50. The fourth-order valence-electron chi connectivity index (χ4n) is 1.01. The Balaban J connectivity index is 4.91. The van der Waals surface area contributed by atoms with E-state index in [1.54, 1.807) is 0 Å². The van der Waals surface area contributed by atoms with Crippen molar-refractivity contribution in [2.45, 2.75) is 31.5 Å². The Bertz CT molecular complexity index is 266. The predicted octanol–water partition coefficient (Wildman–Crippen LogP) is 3.68. The molecule has 0 amide bonds. The molecule has 13 heteroatoms. The molecule has 0 aliphatic carbocycles. The lowest BCUT2D eigenvalue weighted by Gasteiger charge is -2.29. The van der Waals surface area contributed by atoms with Crippen molar-refractivity contribution in [3.05, 3.63) is 0 Å². The number of halogens is 9. The van der Waals surface area contributed by atoms with E-state index < -0.39 is 53.2 Å². The van der Waals surface area contributed by atoms with Gasteiger partial charge in [-0.3, -0.25) is 0 Å². The average Bonchev–Trinajstić information content (AvgIpc) is 2.25. The van der Waals surface area contributed by atoms with Crippen molar-refractivity contribution < 1.29 is 52.8 Å². The minimum atomic E-state index is -4.95. The molecule has 0 aliphatic heterocycles. The fourth-order valence-corrected chi connectivity index (χ4v) is 3.02. The van der Waals surface area contributed by atoms with E-state index in [1.165, 1.54) is 0 Å². The van der Waals surface area contributed by atoms with Crippen molar-refractivity contribution in [2.24, 2.45) is 0 Å². The second kappa shape index (κ2) is 7.15. The molecule has 0 aliphatic rings. The number of rotatable bonds is 7. The lowest BCUT2D eigenvalue weighted by molar-refractivity contribution is -0.194. The number of alkyl halides is 9. The van der Waals surface area contributed by atoms with E-state index in [1.807, 2.05) is 0 Å². The zero-order valence-electron chi connectivity index (χ0n) is 10.5. The molecule has 0 aromatic rings. The van der Waals surface area contributed by atoms with Gasteiger partial charge in [0.2, 0.25) is 0 Å². The maximum atomic E-state index is 12.0. The second-order valence-electron chi connectivity index (χ2n) is 3.75. The minimum absolute atomic E-state index is 0.685. The largest absolute Gasteiger partial charge is 0.501 e. The van der Waals surface area contributed by atoms with E-state index in [4.69, 9.17) is 0 Å². The second-order valence-corrected chi connectivity index (χ2v) is 6.69. The van der Waals surface area contributed by atoms with Crippen LogP contribution in [0.4, 0.5) is 39.5 Å². The summed E-state index contributed by atoms with van der Waals surface area (Å²) in [6, 6.07) is -0.685.